The maximum Gasteiger partial charge on any atom is 0.254 e. The molecule has 0 amide bonds. The molecule has 2 aromatic rings. The number of hydrogen-bond acceptors (Lipinski definition) is 3. The second-order valence-electron chi connectivity index (χ2n) is 4.42. The lowest BCUT2D eigenvalue weighted by molar-refractivity contribution is 0.0969. The summed E-state index contributed by atoms with van der Waals surface area (Å²) in [7, 11) is 0. The maximum atomic E-state index is 12.2. The van der Waals surface area contributed by atoms with Crippen molar-refractivity contribution in [1.82, 2.24) is 9.55 Å². The van der Waals surface area contributed by atoms with E-state index in [0.29, 0.717) is 27.1 Å². The number of carbonyl (C=O) groups is 1. The Bertz CT molecular complexity index is 738. The highest BCUT2D eigenvalue weighted by molar-refractivity contribution is 6.35. The number of ketones is 1. The summed E-state index contributed by atoms with van der Waals surface area (Å²) in [5.41, 5.74) is 0.657. The van der Waals surface area contributed by atoms with E-state index < -0.39 is 0 Å². The Morgan fingerprint density at radius 3 is 2.60 bits per heavy atom. The van der Waals surface area contributed by atoms with Crippen molar-refractivity contribution >= 4 is 29.0 Å². The standard InChI is InChI=1S/C14H12Cl2N2O2/c1-8-5-14(20)18(9(2)17-8)7-13(19)11-6-10(15)3-4-12(11)16/h3-6H,7H2,1-2H3. The van der Waals surface area contributed by atoms with Gasteiger partial charge in [-0.2, -0.15) is 0 Å². The van der Waals surface area contributed by atoms with Crippen LogP contribution in [-0.2, 0) is 6.54 Å². The van der Waals surface area contributed by atoms with Crippen LogP contribution in [0.5, 0.6) is 0 Å². The number of rotatable bonds is 3. The first-order valence-electron chi connectivity index (χ1n) is 5.92. The summed E-state index contributed by atoms with van der Waals surface area (Å²) in [4.78, 5) is 28.3. The Morgan fingerprint density at radius 1 is 1.25 bits per heavy atom. The van der Waals surface area contributed by atoms with Gasteiger partial charge < -0.3 is 0 Å². The molecule has 1 heterocycles. The number of aromatic nitrogens is 2. The molecule has 0 saturated heterocycles. The summed E-state index contributed by atoms with van der Waals surface area (Å²) in [5, 5.41) is 0.731. The van der Waals surface area contributed by atoms with E-state index in [2.05, 4.69) is 4.98 Å². The Labute approximate surface area is 126 Å². The molecule has 1 aromatic heterocycles. The smallest absolute Gasteiger partial charge is 0.254 e. The van der Waals surface area contributed by atoms with Crippen molar-refractivity contribution in [2.24, 2.45) is 0 Å². The van der Waals surface area contributed by atoms with Gasteiger partial charge in [-0.3, -0.25) is 14.2 Å². The molecule has 0 spiro atoms. The van der Waals surface area contributed by atoms with Crippen LogP contribution in [0.15, 0.2) is 29.1 Å². The quantitative estimate of drug-likeness (QED) is 0.819. The Balaban J connectivity index is 2.38. The highest BCUT2D eigenvalue weighted by Gasteiger charge is 2.14. The predicted molar refractivity (Wildman–Crippen MR) is 78.8 cm³/mol. The van der Waals surface area contributed by atoms with E-state index in [1.165, 1.54) is 16.7 Å². The average Bonchev–Trinajstić information content (AvgIpc) is 2.36. The number of hydrogen-bond donors (Lipinski definition) is 0. The van der Waals surface area contributed by atoms with Crippen LogP contribution in [0, 0.1) is 13.8 Å². The topological polar surface area (TPSA) is 52.0 Å². The SMILES string of the molecule is Cc1cc(=O)n(CC(=O)c2cc(Cl)ccc2Cl)c(C)n1. The molecular formula is C14H12Cl2N2O2. The minimum absolute atomic E-state index is 0.113. The summed E-state index contributed by atoms with van der Waals surface area (Å²) in [5.74, 6) is 0.204. The molecule has 1 aromatic carbocycles. The molecule has 0 bridgehead atoms. The Morgan fingerprint density at radius 2 is 1.95 bits per heavy atom. The van der Waals surface area contributed by atoms with E-state index in [0.717, 1.165) is 0 Å². The summed E-state index contributed by atoms with van der Waals surface area (Å²) in [6.07, 6.45) is 0. The second kappa shape index (κ2) is 5.77. The summed E-state index contributed by atoms with van der Waals surface area (Å²) >= 11 is 11.8. The minimum atomic E-state index is -0.284. The maximum absolute atomic E-state index is 12.2. The highest BCUT2D eigenvalue weighted by atomic mass is 35.5. The molecule has 104 valence electrons. The van der Waals surface area contributed by atoms with Crippen molar-refractivity contribution < 1.29 is 4.79 Å². The number of nitrogens with zero attached hydrogens (tertiary/aromatic N) is 2. The van der Waals surface area contributed by atoms with Crippen LogP contribution < -0.4 is 5.56 Å². The lowest BCUT2D eigenvalue weighted by Crippen LogP contribution is -2.27. The normalized spacial score (nSPS) is 10.6. The van der Waals surface area contributed by atoms with Gasteiger partial charge in [0.2, 0.25) is 0 Å². The van der Waals surface area contributed by atoms with Crippen molar-refractivity contribution in [2.75, 3.05) is 0 Å². The van der Waals surface area contributed by atoms with Gasteiger partial charge in [0, 0.05) is 22.3 Å². The first-order chi connectivity index (χ1) is 9.38. The fourth-order valence-corrected chi connectivity index (χ4v) is 2.29. The van der Waals surface area contributed by atoms with Gasteiger partial charge in [0.05, 0.1) is 11.6 Å². The number of Topliss-reactive ketones (excluding diaryl/α,β-unsaturated/α-hetero) is 1. The fraction of sp³-hybridized carbons (Fsp3) is 0.214. The van der Waals surface area contributed by atoms with Crippen LogP contribution in [-0.4, -0.2) is 15.3 Å². The van der Waals surface area contributed by atoms with Crippen LogP contribution in [0.25, 0.3) is 0 Å². The van der Waals surface area contributed by atoms with Gasteiger partial charge in [-0.05, 0) is 32.0 Å². The number of carbonyl (C=O) groups excluding carboxylic acids is 1. The summed E-state index contributed by atoms with van der Waals surface area (Å²) in [6.45, 7) is 3.30. The minimum Gasteiger partial charge on any atom is -0.292 e. The van der Waals surface area contributed by atoms with E-state index in [9.17, 15) is 9.59 Å². The molecule has 6 heteroatoms. The van der Waals surface area contributed by atoms with Crippen LogP contribution in [0.1, 0.15) is 21.9 Å². The monoisotopic (exact) mass is 310 g/mol. The van der Waals surface area contributed by atoms with Crippen LogP contribution in [0.2, 0.25) is 10.0 Å². The first-order valence-corrected chi connectivity index (χ1v) is 6.67. The van der Waals surface area contributed by atoms with E-state index in [1.54, 1.807) is 26.0 Å². The number of aryl methyl sites for hydroxylation is 2. The van der Waals surface area contributed by atoms with Gasteiger partial charge in [0.1, 0.15) is 5.82 Å². The van der Waals surface area contributed by atoms with Crippen molar-refractivity contribution in [2.45, 2.75) is 20.4 Å². The molecule has 0 aliphatic rings. The molecule has 0 aliphatic heterocycles. The van der Waals surface area contributed by atoms with E-state index in [-0.39, 0.29) is 17.9 Å². The molecule has 0 fully saturated rings. The van der Waals surface area contributed by atoms with Crippen LogP contribution in [0.4, 0.5) is 0 Å². The molecule has 0 saturated carbocycles. The Kier molecular flexibility index (Phi) is 4.26. The lowest BCUT2D eigenvalue weighted by Gasteiger charge is -2.10. The largest absolute Gasteiger partial charge is 0.292 e. The summed E-state index contributed by atoms with van der Waals surface area (Å²) in [6, 6.07) is 6.04. The molecule has 0 N–H and O–H groups in total. The van der Waals surface area contributed by atoms with Gasteiger partial charge >= 0.3 is 0 Å². The van der Waals surface area contributed by atoms with Crippen molar-refractivity contribution in [1.29, 1.82) is 0 Å². The average molecular weight is 311 g/mol. The van der Waals surface area contributed by atoms with Gasteiger partial charge in [0.25, 0.3) is 5.56 Å². The van der Waals surface area contributed by atoms with E-state index in [1.807, 2.05) is 0 Å². The van der Waals surface area contributed by atoms with Gasteiger partial charge in [0.15, 0.2) is 5.78 Å². The second-order valence-corrected chi connectivity index (χ2v) is 5.26. The van der Waals surface area contributed by atoms with Gasteiger partial charge in [-0.25, -0.2) is 4.98 Å². The third kappa shape index (κ3) is 3.08. The number of benzene rings is 1. The van der Waals surface area contributed by atoms with Gasteiger partial charge in [-0.15, -0.1) is 0 Å². The molecule has 20 heavy (non-hydrogen) atoms. The molecule has 0 radical (unpaired) electrons. The van der Waals surface area contributed by atoms with E-state index in [4.69, 9.17) is 23.2 Å². The molecule has 0 unspecified atom stereocenters. The molecular weight excluding hydrogens is 299 g/mol. The van der Waals surface area contributed by atoms with Crippen LogP contribution >= 0.6 is 23.2 Å². The molecule has 0 atom stereocenters. The number of halogens is 2. The van der Waals surface area contributed by atoms with E-state index >= 15 is 0 Å². The van der Waals surface area contributed by atoms with Gasteiger partial charge in [-0.1, -0.05) is 23.2 Å². The zero-order chi connectivity index (χ0) is 14.9. The predicted octanol–water partition coefficient (Wildman–Crippen LogP) is 3.05. The molecule has 0 aliphatic carbocycles. The highest BCUT2D eigenvalue weighted by Crippen LogP contribution is 2.21. The molecule has 2 rings (SSSR count). The van der Waals surface area contributed by atoms with Crippen molar-refractivity contribution in [3.8, 4) is 0 Å². The van der Waals surface area contributed by atoms with Crippen molar-refractivity contribution in [3.05, 3.63) is 61.7 Å². The first kappa shape index (κ1) is 14.8. The summed E-state index contributed by atoms with van der Waals surface area (Å²) < 4.78 is 1.31. The Hall–Kier alpha value is -1.65. The fourth-order valence-electron chi connectivity index (χ4n) is 1.90. The molecule has 4 nitrogen and oxygen atoms in total. The zero-order valence-corrected chi connectivity index (χ0v) is 12.5. The third-order valence-electron chi connectivity index (χ3n) is 2.86. The third-order valence-corrected chi connectivity index (χ3v) is 3.42. The zero-order valence-electron chi connectivity index (χ0n) is 11.0. The van der Waals surface area contributed by atoms with Crippen molar-refractivity contribution in [3.63, 3.8) is 0 Å². The van der Waals surface area contributed by atoms with Crippen LogP contribution in [0.3, 0.4) is 0 Å². The lowest BCUT2D eigenvalue weighted by atomic mass is 10.1.